The van der Waals surface area contributed by atoms with Gasteiger partial charge in [0.05, 0.1) is 18.1 Å². The molecule has 3 aromatic rings. The minimum Gasteiger partial charge on any atom is -0.497 e. The van der Waals surface area contributed by atoms with Gasteiger partial charge in [0.15, 0.2) is 4.77 Å². The second-order valence-electron chi connectivity index (χ2n) is 5.20. The number of methoxy groups -OCH3 is 1. The minimum atomic E-state index is 0.782. The Morgan fingerprint density at radius 2 is 1.90 bits per heavy atom. The SMILES string of the molecule is COc1ccc(CCn2c(=S)[nH]c3cc(C)ccc32)cc1. The fraction of sp³-hybridized carbons (Fsp3) is 0.235. The molecule has 0 saturated carbocycles. The van der Waals surface area contributed by atoms with Gasteiger partial charge in [0, 0.05) is 6.54 Å². The highest BCUT2D eigenvalue weighted by Gasteiger charge is 2.05. The Labute approximate surface area is 129 Å². The molecule has 1 N–H and O–H groups in total. The fourth-order valence-electron chi connectivity index (χ4n) is 2.53. The Balaban J connectivity index is 1.84. The predicted molar refractivity (Wildman–Crippen MR) is 88.6 cm³/mol. The number of aromatic nitrogens is 2. The van der Waals surface area contributed by atoms with Gasteiger partial charge in [-0.3, -0.25) is 0 Å². The summed E-state index contributed by atoms with van der Waals surface area (Å²) in [5.41, 5.74) is 4.79. The highest BCUT2D eigenvalue weighted by atomic mass is 32.1. The van der Waals surface area contributed by atoms with Crippen molar-refractivity contribution in [1.82, 2.24) is 9.55 Å². The largest absolute Gasteiger partial charge is 0.497 e. The van der Waals surface area contributed by atoms with Gasteiger partial charge in [-0.05, 0) is 61.0 Å². The van der Waals surface area contributed by atoms with Gasteiger partial charge in [0.25, 0.3) is 0 Å². The van der Waals surface area contributed by atoms with Crippen LogP contribution in [0.1, 0.15) is 11.1 Å². The van der Waals surface area contributed by atoms with Crippen LogP contribution in [-0.2, 0) is 13.0 Å². The smallest absolute Gasteiger partial charge is 0.178 e. The zero-order valence-corrected chi connectivity index (χ0v) is 13.0. The van der Waals surface area contributed by atoms with E-state index in [4.69, 9.17) is 17.0 Å². The summed E-state index contributed by atoms with van der Waals surface area (Å²) >= 11 is 5.44. The van der Waals surface area contributed by atoms with Gasteiger partial charge in [0.2, 0.25) is 0 Å². The van der Waals surface area contributed by atoms with Crippen LogP contribution >= 0.6 is 12.2 Å². The van der Waals surface area contributed by atoms with E-state index in [0.29, 0.717) is 0 Å². The molecular weight excluding hydrogens is 280 g/mol. The number of hydrogen-bond donors (Lipinski definition) is 1. The lowest BCUT2D eigenvalue weighted by molar-refractivity contribution is 0.414. The topological polar surface area (TPSA) is 29.9 Å². The minimum absolute atomic E-state index is 0.782. The van der Waals surface area contributed by atoms with Crippen LogP contribution < -0.4 is 4.74 Å². The first kappa shape index (κ1) is 13.9. The fourth-order valence-corrected chi connectivity index (χ4v) is 2.83. The molecule has 108 valence electrons. The molecule has 0 aliphatic heterocycles. The van der Waals surface area contributed by atoms with Crippen LogP contribution in [0.2, 0.25) is 0 Å². The highest BCUT2D eigenvalue weighted by Crippen LogP contribution is 2.17. The van der Waals surface area contributed by atoms with E-state index in [2.05, 4.69) is 46.8 Å². The summed E-state index contributed by atoms with van der Waals surface area (Å²) in [5.74, 6) is 0.887. The highest BCUT2D eigenvalue weighted by molar-refractivity contribution is 7.71. The third kappa shape index (κ3) is 2.85. The lowest BCUT2D eigenvalue weighted by Crippen LogP contribution is -2.01. The molecule has 0 unspecified atom stereocenters. The molecule has 2 aromatic carbocycles. The van der Waals surface area contributed by atoms with Gasteiger partial charge in [0.1, 0.15) is 5.75 Å². The summed E-state index contributed by atoms with van der Waals surface area (Å²) in [6, 6.07) is 14.6. The lowest BCUT2D eigenvalue weighted by Gasteiger charge is -2.06. The van der Waals surface area contributed by atoms with Gasteiger partial charge < -0.3 is 14.3 Å². The van der Waals surface area contributed by atoms with Crippen molar-refractivity contribution in [2.75, 3.05) is 7.11 Å². The first-order valence-electron chi connectivity index (χ1n) is 6.99. The summed E-state index contributed by atoms with van der Waals surface area (Å²) in [5, 5.41) is 0. The molecule has 0 aliphatic rings. The third-order valence-electron chi connectivity index (χ3n) is 3.71. The van der Waals surface area contributed by atoms with Gasteiger partial charge in [-0.15, -0.1) is 0 Å². The van der Waals surface area contributed by atoms with Crippen LogP contribution in [0.25, 0.3) is 11.0 Å². The lowest BCUT2D eigenvalue weighted by atomic mass is 10.1. The Morgan fingerprint density at radius 1 is 1.14 bits per heavy atom. The molecule has 0 atom stereocenters. The number of H-pyrrole nitrogens is 1. The Hall–Kier alpha value is -2.07. The Morgan fingerprint density at radius 3 is 2.62 bits per heavy atom. The van der Waals surface area contributed by atoms with Crippen LogP contribution in [0.3, 0.4) is 0 Å². The molecule has 0 fully saturated rings. The zero-order chi connectivity index (χ0) is 14.8. The molecule has 0 amide bonds. The van der Waals surface area contributed by atoms with Crippen LogP contribution in [-0.4, -0.2) is 16.7 Å². The van der Waals surface area contributed by atoms with E-state index in [1.807, 2.05) is 12.1 Å². The summed E-state index contributed by atoms with van der Waals surface area (Å²) in [6.07, 6.45) is 0.944. The Kier molecular flexibility index (Phi) is 3.80. The van der Waals surface area contributed by atoms with E-state index < -0.39 is 0 Å². The van der Waals surface area contributed by atoms with Crippen molar-refractivity contribution >= 4 is 23.3 Å². The van der Waals surface area contributed by atoms with Crippen LogP contribution in [0.5, 0.6) is 5.75 Å². The van der Waals surface area contributed by atoms with Gasteiger partial charge in [-0.25, -0.2) is 0 Å². The Bertz CT molecular complexity index is 815. The molecule has 0 radical (unpaired) electrons. The molecule has 0 bridgehead atoms. The van der Waals surface area contributed by atoms with Crippen molar-refractivity contribution in [2.45, 2.75) is 19.9 Å². The van der Waals surface area contributed by atoms with Crippen LogP contribution in [0.4, 0.5) is 0 Å². The monoisotopic (exact) mass is 298 g/mol. The number of nitrogens with one attached hydrogen (secondary N) is 1. The van der Waals surface area contributed by atoms with E-state index in [9.17, 15) is 0 Å². The number of benzene rings is 2. The maximum Gasteiger partial charge on any atom is 0.178 e. The van der Waals surface area contributed by atoms with Gasteiger partial charge >= 0.3 is 0 Å². The number of fused-ring (bicyclic) bond motifs is 1. The number of ether oxygens (including phenoxy) is 1. The molecule has 0 spiro atoms. The summed E-state index contributed by atoms with van der Waals surface area (Å²) in [4.78, 5) is 3.28. The molecule has 21 heavy (non-hydrogen) atoms. The van der Waals surface area contributed by atoms with Gasteiger partial charge in [-0.1, -0.05) is 18.2 Å². The van der Waals surface area contributed by atoms with Crippen LogP contribution in [0, 0.1) is 11.7 Å². The molecule has 0 aliphatic carbocycles. The van der Waals surface area contributed by atoms with Crippen LogP contribution in [0.15, 0.2) is 42.5 Å². The standard InChI is InChI=1S/C17H18N2OS/c1-12-3-8-16-15(11-12)18-17(21)19(16)10-9-13-4-6-14(20-2)7-5-13/h3-8,11H,9-10H2,1-2H3,(H,18,21). The quantitative estimate of drug-likeness (QED) is 0.729. The second kappa shape index (κ2) is 5.74. The summed E-state index contributed by atoms with van der Waals surface area (Å²) in [7, 11) is 1.68. The molecule has 3 nitrogen and oxygen atoms in total. The van der Waals surface area contributed by atoms with Crippen molar-refractivity contribution in [3.63, 3.8) is 0 Å². The van der Waals surface area contributed by atoms with E-state index in [1.165, 1.54) is 16.6 Å². The molecule has 4 heteroatoms. The molecule has 0 saturated heterocycles. The number of hydrogen-bond acceptors (Lipinski definition) is 2. The summed E-state index contributed by atoms with van der Waals surface area (Å²) in [6.45, 7) is 2.96. The van der Waals surface area contributed by atoms with Crippen molar-refractivity contribution < 1.29 is 4.74 Å². The number of aryl methyl sites for hydroxylation is 3. The second-order valence-corrected chi connectivity index (χ2v) is 5.59. The van der Waals surface area contributed by atoms with E-state index in [-0.39, 0.29) is 0 Å². The van der Waals surface area contributed by atoms with Crippen molar-refractivity contribution in [3.8, 4) is 5.75 Å². The number of nitrogens with zero attached hydrogens (tertiary/aromatic N) is 1. The predicted octanol–water partition coefficient (Wildman–Crippen LogP) is 4.26. The number of rotatable bonds is 4. The summed E-state index contributed by atoms with van der Waals surface area (Å²) < 4.78 is 8.12. The van der Waals surface area contributed by atoms with E-state index in [0.717, 1.165) is 29.0 Å². The first-order chi connectivity index (χ1) is 10.2. The molecule has 1 aromatic heterocycles. The average molecular weight is 298 g/mol. The molecular formula is C17H18N2OS. The van der Waals surface area contributed by atoms with E-state index >= 15 is 0 Å². The number of aromatic amines is 1. The molecule has 1 heterocycles. The van der Waals surface area contributed by atoms with Crippen molar-refractivity contribution in [1.29, 1.82) is 0 Å². The van der Waals surface area contributed by atoms with Gasteiger partial charge in [-0.2, -0.15) is 0 Å². The first-order valence-corrected chi connectivity index (χ1v) is 7.40. The molecule has 3 rings (SSSR count). The maximum absolute atomic E-state index is 5.44. The normalized spacial score (nSPS) is 11.0. The van der Waals surface area contributed by atoms with E-state index in [1.54, 1.807) is 7.11 Å². The maximum atomic E-state index is 5.44. The van der Waals surface area contributed by atoms with Crippen molar-refractivity contribution in [2.24, 2.45) is 0 Å². The average Bonchev–Trinajstić information content (AvgIpc) is 2.80. The van der Waals surface area contributed by atoms with Crippen molar-refractivity contribution in [3.05, 3.63) is 58.4 Å². The number of imidazole rings is 1. The third-order valence-corrected chi connectivity index (χ3v) is 4.04. The zero-order valence-electron chi connectivity index (χ0n) is 12.2.